The van der Waals surface area contributed by atoms with E-state index in [9.17, 15) is 0 Å². The lowest BCUT2D eigenvalue weighted by Crippen LogP contribution is -2.09. The van der Waals surface area contributed by atoms with Crippen molar-refractivity contribution in [2.75, 3.05) is 12.8 Å². The Kier molecular flexibility index (Phi) is 3.81. The molecule has 3 heterocycles. The van der Waals surface area contributed by atoms with Crippen LogP contribution in [0.5, 0.6) is 5.75 Å². The van der Waals surface area contributed by atoms with Crippen LogP contribution < -0.4 is 10.5 Å². The van der Waals surface area contributed by atoms with Crippen molar-refractivity contribution in [2.45, 2.75) is 0 Å². The van der Waals surface area contributed by atoms with Crippen LogP contribution in [0.4, 0.5) is 5.82 Å². The van der Waals surface area contributed by atoms with Gasteiger partial charge in [-0.3, -0.25) is 10.4 Å². The van der Waals surface area contributed by atoms with Crippen molar-refractivity contribution < 1.29 is 4.74 Å². The Hall–Kier alpha value is -3.74. The Morgan fingerprint density at radius 2 is 2.04 bits per heavy atom. The highest BCUT2D eigenvalue weighted by molar-refractivity contribution is 6.12. The van der Waals surface area contributed by atoms with Gasteiger partial charge in [0, 0.05) is 41.3 Å². The Morgan fingerprint density at radius 1 is 1.15 bits per heavy atom. The quantitative estimate of drug-likeness (QED) is 0.492. The van der Waals surface area contributed by atoms with Crippen molar-refractivity contribution in [3.05, 3.63) is 66.4 Å². The van der Waals surface area contributed by atoms with E-state index in [4.69, 9.17) is 15.9 Å². The minimum atomic E-state index is 0.177. The molecule has 4 rings (SSSR count). The van der Waals surface area contributed by atoms with Gasteiger partial charge in [0.1, 0.15) is 17.3 Å². The van der Waals surface area contributed by atoms with E-state index in [1.807, 2.05) is 36.4 Å². The van der Waals surface area contributed by atoms with Gasteiger partial charge in [0.15, 0.2) is 5.82 Å². The second kappa shape index (κ2) is 6.29. The summed E-state index contributed by atoms with van der Waals surface area (Å²) >= 11 is 0. The summed E-state index contributed by atoms with van der Waals surface area (Å²) in [4.78, 5) is 16.0. The van der Waals surface area contributed by atoms with Crippen LogP contribution in [0, 0.1) is 5.41 Å². The molecule has 0 atom stereocenters. The van der Waals surface area contributed by atoms with E-state index in [1.165, 1.54) is 0 Å². The number of H-pyrrole nitrogens is 1. The van der Waals surface area contributed by atoms with E-state index < -0.39 is 0 Å². The summed E-state index contributed by atoms with van der Waals surface area (Å²) in [5, 5.41) is 8.54. The Morgan fingerprint density at radius 3 is 2.81 bits per heavy atom. The molecule has 0 saturated carbocycles. The number of nitrogen functional groups attached to an aromatic ring is 1. The number of methoxy groups -OCH3 is 1. The van der Waals surface area contributed by atoms with Crippen LogP contribution in [0.15, 0.2) is 55.0 Å². The molecule has 0 unspecified atom stereocenters. The number of ether oxygens (including phenoxy) is 1. The van der Waals surface area contributed by atoms with Crippen LogP contribution >= 0.6 is 0 Å². The summed E-state index contributed by atoms with van der Waals surface area (Å²) in [5.74, 6) is 1.42. The van der Waals surface area contributed by atoms with Gasteiger partial charge >= 0.3 is 0 Å². The molecule has 0 amide bonds. The van der Waals surface area contributed by atoms with E-state index >= 15 is 0 Å². The first-order valence-corrected chi connectivity index (χ1v) is 7.94. The summed E-state index contributed by atoms with van der Waals surface area (Å²) in [6.45, 7) is 0. The van der Waals surface area contributed by atoms with Crippen LogP contribution in [0.25, 0.3) is 22.2 Å². The van der Waals surface area contributed by atoms with Gasteiger partial charge in [-0.1, -0.05) is 6.07 Å². The number of pyridine rings is 2. The zero-order chi connectivity index (χ0) is 18.1. The molecular formula is C19H16N6O. The summed E-state index contributed by atoms with van der Waals surface area (Å²) in [6.07, 6.45) is 5.13. The smallest absolute Gasteiger partial charge is 0.157 e. The van der Waals surface area contributed by atoms with Crippen LogP contribution in [-0.2, 0) is 0 Å². The van der Waals surface area contributed by atoms with Gasteiger partial charge in [0.05, 0.1) is 18.1 Å². The molecule has 1 aromatic carbocycles. The number of rotatable bonds is 4. The highest BCUT2D eigenvalue weighted by Gasteiger charge is 2.15. The van der Waals surface area contributed by atoms with Gasteiger partial charge in [-0.2, -0.15) is 0 Å². The highest BCUT2D eigenvalue weighted by atomic mass is 16.5. The molecule has 0 aliphatic rings. The number of nitrogens with two attached hydrogens (primary N) is 1. The van der Waals surface area contributed by atoms with Crippen molar-refractivity contribution in [2.24, 2.45) is 0 Å². The molecule has 4 aromatic rings. The van der Waals surface area contributed by atoms with Gasteiger partial charge in [0.25, 0.3) is 0 Å². The van der Waals surface area contributed by atoms with Crippen molar-refractivity contribution >= 4 is 22.6 Å². The number of hydrogen-bond acceptors (Lipinski definition) is 6. The van der Waals surface area contributed by atoms with E-state index in [1.54, 1.807) is 25.7 Å². The van der Waals surface area contributed by atoms with Gasteiger partial charge in [-0.25, -0.2) is 9.97 Å². The Labute approximate surface area is 149 Å². The molecule has 3 aromatic heterocycles. The van der Waals surface area contributed by atoms with E-state index in [0.29, 0.717) is 11.4 Å². The molecule has 7 heteroatoms. The number of imidazole rings is 1. The maximum atomic E-state index is 8.54. The fraction of sp³-hybridized carbons (Fsp3) is 0.0526. The predicted molar refractivity (Wildman–Crippen MR) is 100 cm³/mol. The lowest BCUT2D eigenvalue weighted by molar-refractivity contribution is 0.415. The van der Waals surface area contributed by atoms with Crippen molar-refractivity contribution in [1.82, 2.24) is 19.9 Å². The summed E-state index contributed by atoms with van der Waals surface area (Å²) < 4.78 is 5.22. The first-order valence-electron chi connectivity index (χ1n) is 7.94. The number of hydrogen-bond donors (Lipinski definition) is 3. The van der Waals surface area contributed by atoms with Crippen LogP contribution in [0.3, 0.4) is 0 Å². The van der Waals surface area contributed by atoms with Crippen LogP contribution in [-0.4, -0.2) is 32.8 Å². The lowest BCUT2D eigenvalue weighted by atomic mass is 10.0. The van der Waals surface area contributed by atoms with Crippen molar-refractivity contribution in [1.29, 1.82) is 5.41 Å². The number of aromatic amines is 1. The Bertz CT molecular complexity index is 1100. The zero-order valence-corrected chi connectivity index (χ0v) is 14.0. The first-order chi connectivity index (χ1) is 12.7. The van der Waals surface area contributed by atoms with Crippen molar-refractivity contribution in [3.8, 4) is 16.9 Å². The molecule has 0 saturated heterocycles. The molecule has 4 N–H and O–H groups in total. The van der Waals surface area contributed by atoms with Crippen LogP contribution in [0.1, 0.15) is 11.4 Å². The highest BCUT2D eigenvalue weighted by Crippen LogP contribution is 2.24. The number of benzene rings is 1. The third-order valence-corrected chi connectivity index (χ3v) is 4.11. The standard InChI is InChI=1S/C19H16N6O/c1-26-13-4-5-15-16(8-13)25-19(24-15)17(20)14-7-12(10-23-18(14)21)11-3-2-6-22-9-11/h2-10,20H,1H3,(H2,21,23)(H,24,25). The average Bonchev–Trinajstić information content (AvgIpc) is 3.11. The second-order valence-corrected chi connectivity index (χ2v) is 5.74. The predicted octanol–water partition coefficient (Wildman–Crippen LogP) is 3.03. The minimum absolute atomic E-state index is 0.177. The maximum absolute atomic E-state index is 8.54. The van der Waals surface area contributed by atoms with Crippen LogP contribution in [0.2, 0.25) is 0 Å². The monoisotopic (exact) mass is 344 g/mol. The third-order valence-electron chi connectivity index (χ3n) is 4.11. The minimum Gasteiger partial charge on any atom is -0.497 e. The van der Waals surface area contributed by atoms with Gasteiger partial charge in [-0.15, -0.1) is 0 Å². The van der Waals surface area contributed by atoms with E-state index in [0.717, 1.165) is 27.9 Å². The molecular weight excluding hydrogens is 328 g/mol. The third kappa shape index (κ3) is 2.75. The molecule has 0 aliphatic carbocycles. The molecule has 0 aliphatic heterocycles. The topological polar surface area (TPSA) is 114 Å². The molecule has 26 heavy (non-hydrogen) atoms. The number of fused-ring (bicyclic) bond motifs is 1. The zero-order valence-electron chi connectivity index (χ0n) is 14.0. The second-order valence-electron chi connectivity index (χ2n) is 5.74. The van der Waals surface area contributed by atoms with Gasteiger partial charge in [-0.05, 0) is 24.3 Å². The Balaban J connectivity index is 1.76. The number of aromatic nitrogens is 4. The van der Waals surface area contributed by atoms with Crippen molar-refractivity contribution in [3.63, 3.8) is 0 Å². The fourth-order valence-electron chi connectivity index (χ4n) is 2.73. The largest absolute Gasteiger partial charge is 0.497 e. The number of anilines is 1. The SMILES string of the molecule is COc1ccc2nc(C(=N)c3cc(-c4cccnc4)cnc3N)[nH]c2c1. The first kappa shape index (κ1) is 15.8. The normalized spacial score (nSPS) is 10.8. The lowest BCUT2D eigenvalue weighted by Gasteiger charge is -2.08. The molecule has 0 bridgehead atoms. The molecule has 0 fully saturated rings. The maximum Gasteiger partial charge on any atom is 0.157 e. The molecule has 0 spiro atoms. The summed E-state index contributed by atoms with van der Waals surface area (Å²) in [6, 6.07) is 11.1. The average molecular weight is 344 g/mol. The fourth-order valence-corrected chi connectivity index (χ4v) is 2.73. The summed E-state index contributed by atoms with van der Waals surface area (Å²) in [7, 11) is 1.61. The van der Waals surface area contributed by atoms with E-state index in [2.05, 4.69) is 19.9 Å². The van der Waals surface area contributed by atoms with Gasteiger partial charge in [0.2, 0.25) is 0 Å². The van der Waals surface area contributed by atoms with E-state index in [-0.39, 0.29) is 11.5 Å². The number of nitrogens with zero attached hydrogens (tertiary/aromatic N) is 3. The number of nitrogens with one attached hydrogen (secondary N) is 2. The summed E-state index contributed by atoms with van der Waals surface area (Å²) in [5.41, 5.74) is 9.99. The van der Waals surface area contributed by atoms with Gasteiger partial charge < -0.3 is 15.5 Å². The molecule has 0 radical (unpaired) electrons. The molecule has 128 valence electrons. The molecule has 7 nitrogen and oxygen atoms in total.